The second-order valence-corrected chi connectivity index (χ2v) is 4.53. The standard InChI is InChI=1S/C13H10ClFN2O/c1-7-11(15)12(14)17-13(16-7)9-6-18-10-5-3-2-4-8(9)10/h2-5,9H,6H2,1H3. The van der Waals surface area contributed by atoms with Gasteiger partial charge >= 0.3 is 0 Å². The van der Waals surface area contributed by atoms with Gasteiger partial charge in [-0.15, -0.1) is 0 Å². The van der Waals surface area contributed by atoms with Gasteiger partial charge in [-0.3, -0.25) is 0 Å². The molecule has 1 aromatic heterocycles. The Hall–Kier alpha value is -1.68. The summed E-state index contributed by atoms with van der Waals surface area (Å²) in [6, 6.07) is 7.69. The Kier molecular flexibility index (Phi) is 2.67. The molecule has 0 saturated carbocycles. The molecule has 0 radical (unpaired) electrons. The number of aromatic nitrogens is 2. The fraction of sp³-hybridized carbons (Fsp3) is 0.231. The van der Waals surface area contributed by atoms with E-state index in [-0.39, 0.29) is 16.8 Å². The zero-order valence-corrected chi connectivity index (χ0v) is 10.4. The monoisotopic (exact) mass is 264 g/mol. The van der Waals surface area contributed by atoms with Crippen molar-refractivity contribution >= 4 is 11.6 Å². The van der Waals surface area contributed by atoms with Gasteiger partial charge in [0.1, 0.15) is 18.2 Å². The summed E-state index contributed by atoms with van der Waals surface area (Å²) in [5.74, 6) is 0.679. The van der Waals surface area contributed by atoms with Crippen LogP contribution in [0.3, 0.4) is 0 Å². The van der Waals surface area contributed by atoms with Gasteiger partial charge in [-0.05, 0) is 13.0 Å². The maximum absolute atomic E-state index is 13.4. The van der Waals surface area contributed by atoms with E-state index in [0.29, 0.717) is 12.4 Å². The maximum Gasteiger partial charge on any atom is 0.181 e. The van der Waals surface area contributed by atoms with E-state index in [9.17, 15) is 4.39 Å². The maximum atomic E-state index is 13.4. The molecule has 1 aliphatic heterocycles. The minimum atomic E-state index is -0.562. The number of para-hydroxylation sites is 1. The molecule has 3 nitrogen and oxygen atoms in total. The molecule has 0 fully saturated rings. The van der Waals surface area contributed by atoms with Crippen molar-refractivity contribution in [2.45, 2.75) is 12.8 Å². The molecule has 0 N–H and O–H groups in total. The number of aryl methyl sites for hydroxylation is 1. The molecule has 0 bridgehead atoms. The summed E-state index contributed by atoms with van der Waals surface area (Å²) in [6.45, 7) is 2.04. The average molecular weight is 265 g/mol. The van der Waals surface area contributed by atoms with Crippen LogP contribution in [0.4, 0.5) is 4.39 Å². The van der Waals surface area contributed by atoms with E-state index in [4.69, 9.17) is 16.3 Å². The molecule has 1 atom stereocenters. The van der Waals surface area contributed by atoms with Crippen LogP contribution < -0.4 is 4.74 Å². The molecule has 1 aromatic carbocycles. The molecule has 3 rings (SSSR count). The van der Waals surface area contributed by atoms with Gasteiger partial charge in [0.05, 0.1) is 11.6 Å². The van der Waals surface area contributed by atoms with Gasteiger partial charge < -0.3 is 4.74 Å². The van der Waals surface area contributed by atoms with Crippen molar-refractivity contribution < 1.29 is 9.13 Å². The SMILES string of the molecule is Cc1nc(C2COc3ccccc32)nc(Cl)c1F. The van der Waals surface area contributed by atoms with Crippen LogP contribution in [0.25, 0.3) is 0 Å². The van der Waals surface area contributed by atoms with E-state index >= 15 is 0 Å². The number of hydrogen-bond acceptors (Lipinski definition) is 3. The Balaban J connectivity index is 2.08. The smallest absolute Gasteiger partial charge is 0.181 e. The molecule has 2 heterocycles. The first kappa shape index (κ1) is 11.4. The molecule has 0 aliphatic carbocycles. The quantitative estimate of drug-likeness (QED) is 0.743. The third-order valence-electron chi connectivity index (χ3n) is 3.01. The van der Waals surface area contributed by atoms with Gasteiger partial charge in [0, 0.05) is 5.56 Å². The number of halogens is 2. The Morgan fingerprint density at radius 1 is 1.33 bits per heavy atom. The van der Waals surface area contributed by atoms with Crippen molar-refractivity contribution in [3.8, 4) is 5.75 Å². The van der Waals surface area contributed by atoms with Gasteiger partial charge in [0.15, 0.2) is 11.0 Å². The Bertz CT molecular complexity index is 595. The van der Waals surface area contributed by atoms with Crippen LogP contribution >= 0.6 is 11.6 Å². The second-order valence-electron chi connectivity index (χ2n) is 4.17. The van der Waals surface area contributed by atoms with Crippen LogP contribution in [0.2, 0.25) is 5.15 Å². The summed E-state index contributed by atoms with van der Waals surface area (Å²) in [7, 11) is 0. The highest BCUT2D eigenvalue weighted by atomic mass is 35.5. The number of hydrogen-bond donors (Lipinski definition) is 0. The molecule has 0 spiro atoms. The van der Waals surface area contributed by atoms with E-state index in [1.165, 1.54) is 0 Å². The van der Waals surface area contributed by atoms with Gasteiger partial charge in [-0.1, -0.05) is 29.8 Å². The van der Waals surface area contributed by atoms with Crippen molar-refractivity contribution in [1.82, 2.24) is 9.97 Å². The van der Waals surface area contributed by atoms with E-state index in [0.717, 1.165) is 11.3 Å². The minimum Gasteiger partial charge on any atom is -0.492 e. The fourth-order valence-corrected chi connectivity index (χ4v) is 2.30. The first-order valence-electron chi connectivity index (χ1n) is 5.58. The average Bonchev–Trinajstić information content (AvgIpc) is 2.79. The summed E-state index contributed by atoms with van der Waals surface area (Å²) < 4.78 is 19.0. The van der Waals surface area contributed by atoms with E-state index < -0.39 is 5.82 Å². The molecule has 5 heteroatoms. The first-order valence-corrected chi connectivity index (χ1v) is 5.96. The molecule has 18 heavy (non-hydrogen) atoms. The molecule has 92 valence electrons. The summed E-state index contributed by atoms with van der Waals surface area (Å²) in [5.41, 5.74) is 1.27. The molecule has 1 aliphatic rings. The third-order valence-corrected chi connectivity index (χ3v) is 3.26. The number of fused-ring (bicyclic) bond motifs is 1. The molecule has 0 saturated heterocycles. The first-order chi connectivity index (χ1) is 8.66. The second kappa shape index (κ2) is 4.21. The van der Waals surface area contributed by atoms with Crippen molar-refractivity contribution in [2.24, 2.45) is 0 Å². The predicted octanol–water partition coefficient (Wildman–Crippen LogP) is 3.10. The van der Waals surface area contributed by atoms with Crippen molar-refractivity contribution in [2.75, 3.05) is 6.61 Å². The lowest BCUT2D eigenvalue weighted by atomic mass is 10.0. The molecule has 2 aromatic rings. The number of ether oxygens (including phenoxy) is 1. The molecular formula is C13H10ClFN2O. The Morgan fingerprint density at radius 3 is 2.89 bits per heavy atom. The predicted molar refractivity (Wildman–Crippen MR) is 65.5 cm³/mol. The molecule has 1 unspecified atom stereocenters. The van der Waals surface area contributed by atoms with Gasteiger partial charge in [0.2, 0.25) is 0 Å². The Labute approximate surface area is 109 Å². The third kappa shape index (κ3) is 1.73. The van der Waals surface area contributed by atoms with Crippen LogP contribution in [0.15, 0.2) is 24.3 Å². The number of benzene rings is 1. The van der Waals surface area contributed by atoms with Crippen LogP contribution in [0.1, 0.15) is 23.0 Å². The van der Waals surface area contributed by atoms with Crippen LogP contribution in [0.5, 0.6) is 5.75 Å². The summed E-state index contributed by atoms with van der Waals surface area (Å²) in [4.78, 5) is 8.18. The molecular weight excluding hydrogens is 255 g/mol. The highest BCUT2D eigenvalue weighted by Crippen LogP contribution is 2.36. The minimum absolute atomic E-state index is 0.0852. The summed E-state index contributed by atoms with van der Waals surface area (Å²) in [5, 5.41) is -0.137. The highest BCUT2D eigenvalue weighted by molar-refractivity contribution is 6.29. The largest absolute Gasteiger partial charge is 0.492 e. The van der Waals surface area contributed by atoms with Crippen molar-refractivity contribution in [3.63, 3.8) is 0 Å². The van der Waals surface area contributed by atoms with Gasteiger partial charge in [0.25, 0.3) is 0 Å². The van der Waals surface area contributed by atoms with Crippen molar-refractivity contribution in [1.29, 1.82) is 0 Å². The van der Waals surface area contributed by atoms with Crippen LogP contribution in [-0.4, -0.2) is 16.6 Å². The zero-order valence-electron chi connectivity index (χ0n) is 9.65. The Morgan fingerprint density at radius 2 is 2.11 bits per heavy atom. The van der Waals surface area contributed by atoms with Crippen molar-refractivity contribution in [3.05, 3.63) is 52.3 Å². The fourth-order valence-electron chi connectivity index (χ4n) is 2.08. The molecule has 0 amide bonds. The lowest BCUT2D eigenvalue weighted by Gasteiger charge is -2.09. The number of nitrogens with zero attached hydrogens (tertiary/aromatic N) is 2. The normalized spacial score (nSPS) is 17.4. The topological polar surface area (TPSA) is 35.0 Å². The van der Waals surface area contributed by atoms with Gasteiger partial charge in [-0.2, -0.15) is 0 Å². The van der Waals surface area contributed by atoms with Crippen LogP contribution in [-0.2, 0) is 0 Å². The summed E-state index contributed by atoms with van der Waals surface area (Å²) >= 11 is 5.76. The number of rotatable bonds is 1. The lowest BCUT2D eigenvalue weighted by molar-refractivity contribution is 0.339. The zero-order chi connectivity index (χ0) is 12.7. The van der Waals surface area contributed by atoms with E-state index in [1.54, 1.807) is 6.92 Å². The van der Waals surface area contributed by atoms with Crippen LogP contribution in [0, 0.1) is 12.7 Å². The summed E-state index contributed by atoms with van der Waals surface area (Å²) in [6.07, 6.45) is 0. The van der Waals surface area contributed by atoms with Gasteiger partial charge in [-0.25, -0.2) is 14.4 Å². The van der Waals surface area contributed by atoms with E-state index in [1.807, 2.05) is 24.3 Å². The van der Waals surface area contributed by atoms with E-state index in [2.05, 4.69) is 9.97 Å². The lowest BCUT2D eigenvalue weighted by Crippen LogP contribution is -2.10. The highest BCUT2D eigenvalue weighted by Gasteiger charge is 2.28.